The van der Waals surface area contributed by atoms with Crippen LogP contribution in [-0.4, -0.2) is 30.6 Å². The minimum Gasteiger partial charge on any atom is -0.374 e. The van der Waals surface area contributed by atoms with Crippen LogP contribution in [0.4, 0.5) is 5.69 Å². The highest BCUT2D eigenvalue weighted by Crippen LogP contribution is 2.39. The monoisotopic (exact) mass is 289 g/mol. The van der Waals surface area contributed by atoms with E-state index in [4.69, 9.17) is 4.74 Å². The molecule has 0 saturated carbocycles. The van der Waals surface area contributed by atoms with Crippen molar-refractivity contribution < 1.29 is 9.53 Å². The molecule has 3 heteroatoms. The van der Waals surface area contributed by atoms with Gasteiger partial charge in [-0.25, -0.2) is 0 Å². The summed E-state index contributed by atoms with van der Waals surface area (Å²) in [6, 6.07) is 6.48. The molecule has 1 heterocycles. The van der Waals surface area contributed by atoms with Gasteiger partial charge in [-0.15, -0.1) is 0 Å². The standard InChI is InChI=1S/C18H27NO2/c1-12-8-13(2)10-14(9-12)19(7)11-15-16(20)18(5,6)21-17(15,3)4/h8-10,15H,11H2,1-7H3. The van der Waals surface area contributed by atoms with Crippen LogP contribution < -0.4 is 4.90 Å². The fraction of sp³-hybridized carbons (Fsp3) is 0.611. The quantitative estimate of drug-likeness (QED) is 0.853. The summed E-state index contributed by atoms with van der Waals surface area (Å²) in [4.78, 5) is 14.8. The second kappa shape index (κ2) is 5.13. The highest BCUT2D eigenvalue weighted by Gasteiger charge is 2.53. The SMILES string of the molecule is Cc1cc(C)cc(N(C)CC2C(=O)C(C)(C)OC2(C)C)c1. The summed E-state index contributed by atoms with van der Waals surface area (Å²) in [7, 11) is 2.04. The lowest BCUT2D eigenvalue weighted by atomic mass is 9.85. The van der Waals surface area contributed by atoms with Crippen molar-refractivity contribution in [1.82, 2.24) is 0 Å². The molecule has 1 aromatic carbocycles. The molecule has 116 valence electrons. The van der Waals surface area contributed by atoms with Crippen molar-refractivity contribution in [2.75, 3.05) is 18.5 Å². The Labute approximate surface area is 128 Å². The van der Waals surface area contributed by atoms with Gasteiger partial charge in [-0.1, -0.05) is 6.07 Å². The van der Waals surface area contributed by atoms with E-state index in [0.717, 1.165) is 5.69 Å². The van der Waals surface area contributed by atoms with Gasteiger partial charge in [0, 0.05) is 19.3 Å². The van der Waals surface area contributed by atoms with Gasteiger partial charge < -0.3 is 9.64 Å². The number of rotatable bonds is 3. The molecule has 2 rings (SSSR count). The Bertz CT molecular complexity index is 540. The fourth-order valence-electron chi connectivity index (χ4n) is 3.37. The molecule has 1 aromatic rings. The number of ether oxygens (including phenoxy) is 1. The molecular formula is C18H27NO2. The summed E-state index contributed by atoms with van der Waals surface area (Å²) in [6.45, 7) is 12.6. The van der Waals surface area contributed by atoms with Crippen molar-refractivity contribution in [1.29, 1.82) is 0 Å². The van der Waals surface area contributed by atoms with E-state index in [1.54, 1.807) is 0 Å². The number of hydrogen-bond acceptors (Lipinski definition) is 3. The van der Waals surface area contributed by atoms with Gasteiger partial charge in [0.25, 0.3) is 0 Å². The van der Waals surface area contributed by atoms with Gasteiger partial charge in [-0.3, -0.25) is 4.79 Å². The Morgan fingerprint density at radius 1 is 1.10 bits per heavy atom. The van der Waals surface area contributed by atoms with Crippen LogP contribution in [0.2, 0.25) is 0 Å². The van der Waals surface area contributed by atoms with E-state index < -0.39 is 11.2 Å². The number of aryl methyl sites for hydroxylation is 2. The molecular weight excluding hydrogens is 262 g/mol. The summed E-state index contributed by atoms with van der Waals surface area (Å²) in [5, 5.41) is 0. The number of benzene rings is 1. The van der Waals surface area contributed by atoms with Crippen molar-refractivity contribution in [3.05, 3.63) is 29.3 Å². The second-order valence-corrected chi connectivity index (χ2v) is 7.36. The van der Waals surface area contributed by atoms with Crippen LogP contribution >= 0.6 is 0 Å². The summed E-state index contributed by atoms with van der Waals surface area (Å²) in [5.74, 6) is 0.0852. The average Bonchev–Trinajstić information content (AvgIpc) is 2.46. The van der Waals surface area contributed by atoms with E-state index >= 15 is 0 Å². The molecule has 0 aliphatic carbocycles. The third kappa shape index (κ3) is 3.13. The van der Waals surface area contributed by atoms with E-state index in [0.29, 0.717) is 6.54 Å². The van der Waals surface area contributed by atoms with Gasteiger partial charge in [0.2, 0.25) is 0 Å². The molecule has 0 amide bonds. The zero-order chi connectivity index (χ0) is 16.0. The van der Waals surface area contributed by atoms with E-state index in [1.807, 2.05) is 34.7 Å². The van der Waals surface area contributed by atoms with Gasteiger partial charge in [-0.05, 0) is 64.8 Å². The lowest BCUT2D eigenvalue weighted by Gasteiger charge is -2.30. The Morgan fingerprint density at radius 2 is 1.62 bits per heavy atom. The maximum absolute atomic E-state index is 12.6. The van der Waals surface area contributed by atoms with Gasteiger partial charge in [0.05, 0.1) is 11.5 Å². The molecule has 1 atom stereocenters. The first kappa shape index (κ1) is 16.0. The molecule has 1 aliphatic rings. The first-order valence-corrected chi connectivity index (χ1v) is 7.57. The van der Waals surface area contributed by atoms with Crippen LogP contribution in [-0.2, 0) is 9.53 Å². The number of carbonyl (C=O) groups is 1. The third-order valence-corrected chi connectivity index (χ3v) is 4.37. The molecule has 21 heavy (non-hydrogen) atoms. The van der Waals surface area contributed by atoms with Gasteiger partial charge in [-0.2, -0.15) is 0 Å². The lowest BCUT2D eigenvalue weighted by Crippen LogP contribution is -2.39. The minimum atomic E-state index is -0.683. The number of anilines is 1. The minimum absolute atomic E-state index is 0.113. The highest BCUT2D eigenvalue weighted by atomic mass is 16.5. The maximum Gasteiger partial charge on any atom is 0.171 e. The predicted octanol–water partition coefficient (Wildman–Crippen LogP) is 3.51. The summed E-state index contributed by atoms with van der Waals surface area (Å²) < 4.78 is 5.97. The molecule has 1 aliphatic heterocycles. The van der Waals surface area contributed by atoms with Crippen LogP contribution in [0.3, 0.4) is 0 Å². The van der Waals surface area contributed by atoms with Crippen LogP contribution in [0.5, 0.6) is 0 Å². The molecule has 1 fully saturated rings. The summed E-state index contributed by atoms with van der Waals surface area (Å²) in [5.41, 5.74) is 2.53. The first-order chi connectivity index (χ1) is 9.53. The number of Topliss-reactive ketones (excluding diaryl/α,β-unsaturated/α-hetero) is 1. The maximum atomic E-state index is 12.6. The van der Waals surface area contributed by atoms with Crippen molar-refractivity contribution in [2.45, 2.75) is 52.7 Å². The van der Waals surface area contributed by atoms with E-state index in [2.05, 4.69) is 36.9 Å². The number of ketones is 1. The van der Waals surface area contributed by atoms with Crippen molar-refractivity contribution in [3.63, 3.8) is 0 Å². The van der Waals surface area contributed by atoms with Gasteiger partial charge in [0.15, 0.2) is 5.78 Å². The molecule has 0 bridgehead atoms. The molecule has 0 spiro atoms. The van der Waals surface area contributed by atoms with Crippen molar-refractivity contribution in [3.8, 4) is 0 Å². The van der Waals surface area contributed by atoms with Crippen molar-refractivity contribution in [2.24, 2.45) is 5.92 Å². The fourth-order valence-corrected chi connectivity index (χ4v) is 3.37. The third-order valence-electron chi connectivity index (χ3n) is 4.37. The van der Waals surface area contributed by atoms with Crippen LogP contribution in [0, 0.1) is 19.8 Å². The zero-order valence-electron chi connectivity index (χ0n) is 14.3. The Balaban J connectivity index is 2.23. The van der Waals surface area contributed by atoms with Crippen LogP contribution in [0.15, 0.2) is 18.2 Å². The second-order valence-electron chi connectivity index (χ2n) is 7.36. The summed E-state index contributed by atoms with van der Waals surface area (Å²) >= 11 is 0. The zero-order valence-corrected chi connectivity index (χ0v) is 14.3. The number of nitrogens with zero attached hydrogens (tertiary/aromatic N) is 1. The van der Waals surface area contributed by atoms with E-state index in [1.165, 1.54) is 11.1 Å². The summed E-state index contributed by atoms with van der Waals surface area (Å²) in [6.07, 6.45) is 0. The topological polar surface area (TPSA) is 29.5 Å². The normalized spacial score (nSPS) is 23.4. The van der Waals surface area contributed by atoms with E-state index in [9.17, 15) is 4.79 Å². The average molecular weight is 289 g/mol. The number of hydrogen-bond donors (Lipinski definition) is 0. The lowest BCUT2D eigenvalue weighted by molar-refractivity contribution is -0.132. The largest absolute Gasteiger partial charge is 0.374 e. The Morgan fingerprint density at radius 3 is 2.05 bits per heavy atom. The molecule has 0 aromatic heterocycles. The Kier molecular flexibility index (Phi) is 3.92. The molecule has 1 unspecified atom stereocenters. The van der Waals surface area contributed by atoms with Gasteiger partial charge >= 0.3 is 0 Å². The van der Waals surface area contributed by atoms with Crippen LogP contribution in [0.1, 0.15) is 38.8 Å². The Hall–Kier alpha value is -1.35. The number of carbonyl (C=O) groups excluding carboxylic acids is 1. The molecule has 0 radical (unpaired) electrons. The van der Waals surface area contributed by atoms with E-state index in [-0.39, 0.29) is 11.7 Å². The molecule has 1 saturated heterocycles. The van der Waals surface area contributed by atoms with Crippen LogP contribution in [0.25, 0.3) is 0 Å². The first-order valence-electron chi connectivity index (χ1n) is 7.57. The van der Waals surface area contributed by atoms with Crippen molar-refractivity contribution >= 4 is 11.5 Å². The smallest absolute Gasteiger partial charge is 0.171 e. The predicted molar refractivity (Wildman–Crippen MR) is 86.9 cm³/mol. The molecule has 0 N–H and O–H groups in total. The molecule has 3 nitrogen and oxygen atoms in total. The van der Waals surface area contributed by atoms with Gasteiger partial charge in [0.1, 0.15) is 5.60 Å². The highest BCUT2D eigenvalue weighted by molar-refractivity contribution is 5.92.